The number of nitrogens with two attached hydrogens (primary N) is 1. The number of methoxy groups -OCH3 is 1. The van der Waals surface area contributed by atoms with Gasteiger partial charge in [-0.3, -0.25) is 4.57 Å². The summed E-state index contributed by atoms with van der Waals surface area (Å²) in [6.45, 7) is 0.635. The monoisotopic (exact) mass is 308 g/mol. The number of hydrogen-bond acceptors (Lipinski definition) is 8. The first kappa shape index (κ1) is 15.1. The molecule has 3 N–H and O–H groups in total. The number of ether oxygens (including phenoxy) is 2. The van der Waals surface area contributed by atoms with Gasteiger partial charge in [0.1, 0.15) is 30.2 Å². The Kier molecular flexibility index (Phi) is 3.96. The van der Waals surface area contributed by atoms with Gasteiger partial charge < -0.3 is 25.2 Å². The highest BCUT2D eigenvalue weighted by molar-refractivity contribution is 5.81. The highest BCUT2D eigenvalue weighted by Crippen LogP contribution is 2.33. The highest BCUT2D eigenvalue weighted by Gasteiger charge is 2.45. The molecule has 0 bridgehead atoms. The summed E-state index contributed by atoms with van der Waals surface area (Å²) in [4.78, 5) is 14.3. The predicted octanol–water partition coefficient (Wildman–Crippen LogP) is -0.757. The zero-order valence-electron chi connectivity index (χ0n) is 12.7. The number of rotatable bonds is 4. The van der Waals surface area contributed by atoms with Crippen LogP contribution in [0.25, 0.3) is 11.2 Å². The molecule has 120 valence electrons. The Hall–Kier alpha value is -1.81. The molecule has 3 rings (SSSR count). The Labute approximate surface area is 127 Å². The predicted molar refractivity (Wildman–Crippen MR) is 79.0 cm³/mol. The van der Waals surface area contributed by atoms with E-state index in [0.29, 0.717) is 23.5 Å². The van der Waals surface area contributed by atoms with Gasteiger partial charge in [-0.1, -0.05) is 0 Å². The van der Waals surface area contributed by atoms with E-state index in [9.17, 15) is 5.11 Å². The number of aromatic nitrogens is 4. The lowest BCUT2D eigenvalue weighted by Gasteiger charge is -2.21. The molecule has 4 atom stereocenters. The number of imidazole rings is 1. The largest absolute Gasteiger partial charge is 0.386 e. The summed E-state index contributed by atoms with van der Waals surface area (Å²) < 4.78 is 13.1. The number of anilines is 1. The van der Waals surface area contributed by atoms with Crippen molar-refractivity contribution in [2.45, 2.75) is 24.5 Å². The van der Waals surface area contributed by atoms with Crippen molar-refractivity contribution < 1.29 is 14.6 Å². The van der Waals surface area contributed by atoms with Gasteiger partial charge in [0, 0.05) is 13.7 Å². The first-order valence-electron chi connectivity index (χ1n) is 6.97. The third kappa shape index (κ3) is 2.41. The van der Waals surface area contributed by atoms with Crippen LogP contribution in [0.1, 0.15) is 6.23 Å². The molecule has 0 aliphatic carbocycles. The van der Waals surface area contributed by atoms with Crippen LogP contribution < -0.4 is 5.73 Å². The van der Waals surface area contributed by atoms with Crippen LogP contribution in [0.3, 0.4) is 0 Å². The summed E-state index contributed by atoms with van der Waals surface area (Å²) in [7, 11) is 5.45. The van der Waals surface area contributed by atoms with Crippen LogP contribution in [0.4, 0.5) is 5.82 Å². The second kappa shape index (κ2) is 5.76. The van der Waals surface area contributed by atoms with E-state index >= 15 is 0 Å². The summed E-state index contributed by atoms with van der Waals surface area (Å²) >= 11 is 0. The Bertz CT molecular complexity index is 660. The van der Waals surface area contributed by atoms with Gasteiger partial charge in [-0.05, 0) is 14.1 Å². The molecule has 0 saturated carbocycles. The fourth-order valence-corrected chi connectivity index (χ4v) is 2.80. The van der Waals surface area contributed by atoms with Gasteiger partial charge in [0.05, 0.1) is 6.33 Å². The Morgan fingerprint density at radius 2 is 2.18 bits per heavy atom. The maximum Gasteiger partial charge on any atom is 0.167 e. The topological polar surface area (TPSA) is 112 Å². The molecule has 0 spiro atoms. The molecule has 1 fully saturated rings. The molecular weight excluding hydrogens is 288 g/mol. The Balaban J connectivity index is 1.95. The van der Waals surface area contributed by atoms with Crippen molar-refractivity contribution in [1.82, 2.24) is 24.4 Å². The normalized spacial score (nSPS) is 28.8. The fourth-order valence-electron chi connectivity index (χ4n) is 2.80. The molecule has 22 heavy (non-hydrogen) atoms. The van der Waals surface area contributed by atoms with Gasteiger partial charge in [-0.25, -0.2) is 15.0 Å². The maximum atomic E-state index is 10.5. The Morgan fingerprint density at radius 1 is 1.41 bits per heavy atom. The van der Waals surface area contributed by atoms with Crippen molar-refractivity contribution in [2.75, 3.05) is 33.5 Å². The van der Waals surface area contributed by atoms with Crippen LogP contribution in [0.5, 0.6) is 0 Å². The average Bonchev–Trinajstić information content (AvgIpc) is 3.01. The third-order valence-corrected chi connectivity index (χ3v) is 3.79. The van der Waals surface area contributed by atoms with Gasteiger partial charge in [0.25, 0.3) is 0 Å². The SMILES string of the molecule is CO[C@H]1[C@@H](O)[C@H](n2cnc3c(N)ncnc32)O[C@@H]1CN(C)C. The molecule has 9 heteroatoms. The van der Waals surface area contributed by atoms with Crippen LogP contribution in [-0.4, -0.2) is 75.6 Å². The lowest BCUT2D eigenvalue weighted by Crippen LogP contribution is -2.38. The quantitative estimate of drug-likeness (QED) is 0.758. The lowest BCUT2D eigenvalue weighted by atomic mass is 10.1. The minimum Gasteiger partial charge on any atom is -0.386 e. The number of hydrogen-bond donors (Lipinski definition) is 2. The molecule has 2 aromatic rings. The van der Waals surface area contributed by atoms with Crippen LogP contribution in [0.15, 0.2) is 12.7 Å². The van der Waals surface area contributed by atoms with E-state index in [0.717, 1.165) is 0 Å². The fraction of sp³-hybridized carbons (Fsp3) is 0.615. The summed E-state index contributed by atoms with van der Waals surface area (Å²) in [5, 5.41) is 10.5. The van der Waals surface area contributed by atoms with E-state index in [1.54, 1.807) is 18.0 Å². The summed E-state index contributed by atoms with van der Waals surface area (Å²) in [5.41, 5.74) is 6.80. The molecule has 0 radical (unpaired) electrons. The number of nitrogens with zero attached hydrogens (tertiary/aromatic N) is 5. The van der Waals surface area contributed by atoms with Crippen LogP contribution >= 0.6 is 0 Å². The zero-order chi connectivity index (χ0) is 15.9. The molecule has 1 aliphatic heterocycles. The van der Waals surface area contributed by atoms with E-state index in [4.69, 9.17) is 15.2 Å². The third-order valence-electron chi connectivity index (χ3n) is 3.79. The molecule has 9 nitrogen and oxygen atoms in total. The average molecular weight is 308 g/mol. The van der Waals surface area contributed by atoms with E-state index in [1.165, 1.54) is 6.33 Å². The molecule has 2 aromatic heterocycles. The molecule has 0 aromatic carbocycles. The van der Waals surface area contributed by atoms with Crippen molar-refractivity contribution in [3.05, 3.63) is 12.7 Å². The van der Waals surface area contributed by atoms with Crippen molar-refractivity contribution in [1.29, 1.82) is 0 Å². The van der Waals surface area contributed by atoms with Crippen molar-refractivity contribution in [2.24, 2.45) is 0 Å². The van der Waals surface area contributed by atoms with E-state index in [-0.39, 0.29) is 6.10 Å². The number of likely N-dealkylation sites (N-methyl/N-ethyl adjacent to an activating group) is 1. The van der Waals surface area contributed by atoms with Gasteiger partial charge >= 0.3 is 0 Å². The summed E-state index contributed by atoms with van der Waals surface area (Å²) in [6.07, 6.45) is 0.773. The number of nitrogen functional groups attached to an aromatic ring is 1. The van der Waals surface area contributed by atoms with Crippen molar-refractivity contribution >= 4 is 17.0 Å². The Morgan fingerprint density at radius 3 is 2.86 bits per heavy atom. The minimum absolute atomic E-state index is 0.253. The second-order valence-corrected chi connectivity index (χ2v) is 5.60. The molecule has 3 heterocycles. The molecular formula is C13H20N6O3. The number of fused-ring (bicyclic) bond motifs is 1. The molecule has 0 unspecified atom stereocenters. The zero-order valence-corrected chi connectivity index (χ0v) is 12.7. The highest BCUT2D eigenvalue weighted by atomic mass is 16.6. The molecule has 0 amide bonds. The maximum absolute atomic E-state index is 10.5. The van der Waals surface area contributed by atoms with Gasteiger partial charge in [0.15, 0.2) is 17.7 Å². The summed E-state index contributed by atoms with van der Waals surface area (Å²) in [5.74, 6) is 0.296. The molecule has 1 saturated heterocycles. The van der Waals surface area contributed by atoms with Crippen LogP contribution in [0.2, 0.25) is 0 Å². The standard InChI is InChI=1S/C13H20N6O3/c1-18(2)4-7-10(21-3)9(20)13(22-7)19-6-17-8-11(14)15-5-16-12(8)19/h5-7,9-10,13,20H,4H2,1-3H3,(H2,14,15,16)/t7-,9-,10-,13-/m1/s1. The first-order chi connectivity index (χ1) is 10.5. The number of aliphatic hydroxyl groups excluding tert-OH is 1. The first-order valence-corrected chi connectivity index (χ1v) is 6.97. The van der Waals surface area contributed by atoms with Crippen molar-refractivity contribution in [3.63, 3.8) is 0 Å². The van der Waals surface area contributed by atoms with Gasteiger partial charge in [-0.2, -0.15) is 0 Å². The summed E-state index contributed by atoms with van der Waals surface area (Å²) in [6, 6.07) is 0. The molecule has 1 aliphatic rings. The lowest BCUT2D eigenvalue weighted by molar-refractivity contribution is -0.0412. The van der Waals surface area contributed by atoms with Gasteiger partial charge in [0.2, 0.25) is 0 Å². The smallest absolute Gasteiger partial charge is 0.167 e. The van der Waals surface area contributed by atoms with Crippen LogP contribution in [-0.2, 0) is 9.47 Å². The van der Waals surface area contributed by atoms with Gasteiger partial charge in [-0.15, -0.1) is 0 Å². The van der Waals surface area contributed by atoms with Crippen molar-refractivity contribution in [3.8, 4) is 0 Å². The second-order valence-electron chi connectivity index (χ2n) is 5.60. The minimum atomic E-state index is -0.830. The van der Waals surface area contributed by atoms with Crippen LogP contribution in [0, 0.1) is 0 Å². The number of aliphatic hydroxyl groups is 1. The van der Waals surface area contributed by atoms with E-state index in [2.05, 4.69) is 15.0 Å². The van der Waals surface area contributed by atoms with E-state index < -0.39 is 18.4 Å². The van der Waals surface area contributed by atoms with E-state index in [1.807, 2.05) is 19.0 Å².